The molecule has 0 bridgehead atoms. The van der Waals surface area contributed by atoms with Gasteiger partial charge in [0, 0.05) is 0 Å². The van der Waals surface area contributed by atoms with Crippen LogP contribution >= 0.6 is 0 Å². The van der Waals surface area contributed by atoms with Crippen molar-refractivity contribution in [2.75, 3.05) is 0 Å². The summed E-state index contributed by atoms with van der Waals surface area (Å²) in [5.74, 6) is -0.923. The van der Waals surface area contributed by atoms with Gasteiger partial charge >= 0.3 is 12.1 Å². The second-order valence-corrected chi connectivity index (χ2v) is 5.14. The van der Waals surface area contributed by atoms with Gasteiger partial charge < -0.3 is 15.2 Å². The molecule has 0 heterocycles. The number of nitrogens with one attached hydrogen (secondary N) is 1. The second kappa shape index (κ2) is 8.29. The predicted octanol–water partition coefficient (Wildman–Crippen LogP) is 3.34. The summed E-state index contributed by atoms with van der Waals surface area (Å²) >= 11 is 0. The molecular formula is C16H23NO4. The highest BCUT2D eigenvalue weighted by Gasteiger charge is 2.32. The van der Waals surface area contributed by atoms with E-state index in [1.165, 1.54) is 0 Å². The van der Waals surface area contributed by atoms with Gasteiger partial charge in [0.15, 0.2) is 0 Å². The molecule has 1 rings (SSSR count). The first-order chi connectivity index (χ1) is 10.0. The van der Waals surface area contributed by atoms with Crippen molar-refractivity contribution in [1.29, 1.82) is 0 Å². The topological polar surface area (TPSA) is 75.6 Å². The Labute approximate surface area is 125 Å². The summed E-state index contributed by atoms with van der Waals surface area (Å²) in [6.45, 7) is 4.00. The van der Waals surface area contributed by atoms with E-state index in [1.54, 1.807) is 0 Å². The molecule has 1 unspecified atom stereocenters. The lowest BCUT2D eigenvalue weighted by Crippen LogP contribution is -2.49. The third-order valence-electron chi connectivity index (χ3n) is 3.47. The van der Waals surface area contributed by atoms with E-state index in [9.17, 15) is 9.59 Å². The van der Waals surface area contributed by atoms with E-state index in [-0.39, 0.29) is 13.0 Å². The molecule has 1 amide bonds. The lowest BCUT2D eigenvalue weighted by molar-refractivity contribution is -0.138. The molecule has 0 saturated carbocycles. The zero-order valence-corrected chi connectivity index (χ0v) is 12.6. The molecule has 1 aromatic rings. The number of hydrogen-bond donors (Lipinski definition) is 2. The van der Waals surface area contributed by atoms with Gasteiger partial charge in [-0.1, -0.05) is 50.6 Å². The van der Waals surface area contributed by atoms with Crippen molar-refractivity contribution in [3.63, 3.8) is 0 Å². The number of benzene rings is 1. The maximum absolute atomic E-state index is 11.9. The molecule has 0 aliphatic rings. The molecule has 0 aliphatic carbocycles. The Balaban J connectivity index is 2.60. The van der Waals surface area contributed by atoms with Gasteiger partial charge in [-0.15, -0.1) is 0 Å². The van der Waals surface area contributed by atoms with Crippen molar-refractivity contribution < 1.29 is 19.4 Å². The van der Waals surface area contributed by atoms with Crippen LogP contribution in [0.3, 0.4) is 0 Å². The van der Waals surface area contributed by atoms with Crippen molar-refractivity contribution >= 4 is 12.1 Å². The summed E-state index contributed by atoms with van der Waals surface area (Å²) in [5.41, 5.74) is 0.150. The smallest absolute Gasteiger partial charge is 0.407 e. The molecule has 5 nitrogen and oxygen atoms in total. The van der Waals surface area contributed by atoms with Crippen LogP contribution in [0, 0.1) is 0 Å². The molecule has 0 aliphatic heterocycles. The fraction of sp³-hybridized carbons (Fsp3) is 0.500. The van der Waals surface area contributed by atoms with E-state index in [4.69, 9.17) is 9.84 Å². The van der Waals surface area contributed by atoms with Gasteiger partial charge in [-0.25, -0.2) is 4.79 Å². The molecule has 21 heavy (non-hydrogen) atoms. The lowest BCUT2D eigenvalue weighted by Gasteiger charge is -2.31. The van der Waals surface area contributed by atoms with E-state index in [0.29, 0.717) is 12.8 Å². The van der Waals surface area contributed by atoms with Crippen LogP contribution in [-0.2, 0) is 16.1 Å². The molecule has 1 atom stereocenters. The van der Waals surface area contributed by atoms with E-state index in [0.717, 1.165) is 12.0 Å². The molecule has 116 valence electrons. The van der Waals surface area contributed by atoms with Crippen LogP contribution < -0.4 is 5.32 Å². The van der Waals surface area contributed by atoms with Crippen molar-refractivity contribution in [2.24, 2.45) is 0 Å². The Morgan fingerprint density at radius 1 is 1.24 bits per heavy atom. The number of hydrogen-bond acceptors (Lipinski definition) is 3. The third-order valence-corrected chi connectivity index (χ3v) is 3.47. The van der Waals surface area contributed by atoms with Gasteiger partial charge in [0.2, 0.25) is 0 Å². The number of aliphatic carboxylic acids is 1. The molecular weight excluding hydrogens is 270 g/mol. The number of carbonyl (C=O) groups excluding carboxylic acids is 1. The highest BCUT2D eigenvalue weighted by molar-refractivity contribution is 5.72. The van der Waals surface area contributed by atoms with Crippen LogP contribution in [0.4, 0.5) is 4.79 Å². The summed E-state index contributed by atoms with van der Waals surface area (Å²) < 4.78 is 5.17. The molecule has 2 N–H and O–H groups in total. The fourth-order valence-corrected chi connectivity index (χ4v) is 2.33. The Hall–Kier alpha value is -2.04. The first-order valence-electron chi connectivity index (χ1n) is 7.22. The minimum absolute atomic E-state index is 0.0994. The Morgan fingerprint density at radius 2 is 1.90 bits per heavy atom. The predicted molar refractivity (Wildman–Crippen MR) is 79.9 cm³/mol. The van der Waals surface area contributed by atoms with Gasteiger partial charge in [-0.3, -0.25) is 4.79 Å². The van der Waals surface area contributed by atoms with E-state index < -0.39 is 17.6 Å². The van der Waals surface area contributed by atoms with Gasteiger partial charge in [0.05, 0.1) is 12.0 Å². The van der Waals surface area contributed by atoms with Gasteiger partial charge in [-0.2, -0.15) is 0 Å². The number of rotatable bonds is 8. The van der Waals surface area contributed by atoms with Crippen LogP contribution in [-0.4, -0.2) is 22.7 Å². The Kier molecular flexibility index (Phi) is 6.72. The summed E-state index contributed by atoms with van der Waals surface area (Å²) in [4.78, 5) is 22.9. The van der Waals surface area contributed by atoms with E-state index >= 15 is 0 Å². The molecule has 0 spiro atoms. The molecule has 0 fully saturated rings. The summed E-state index contributed by atoms with van der Waals surface area (Å²) in [5, 5.41) is 11.8. The van der Waals surface area contributed by atoms with Gasteiger partial charge in [-0.05, 0) is 18.4 Å². The molecule has 0 saturated heterocycles. The SMILES string of the molecule is CCCC(CC)(CC(=O)O)NC(=O)OCc1ccccc1. The number of carbonyl (C=O) groups is 2. The maximum atomic E-state index is 11.9. The highest BCUT2D eigenvalue weighted by atomic mass is 16.5. The molecule has 5 heteroatoms. The molecule has 0 aromatic heterocycles. The number of ether oxygens (including phenoxy) is 1. The normalized spacial score (nSPS) is 13.2. The quantitative estimate of drug-likeness (QED) is 0.770. The first-order valence-corrected chi connectivity index (χ1v) is 7.22. The minimum Gasteiger partial charge on any atom is -0.481 e. The zero-order valence-electron chi connectivity index (χ0n) is 12.6. The highest BCUT2D eigenvalue weighted by Crippen LogP contribution is 2.22. The standard InChI is InChI=1S/C16H23NO4/c1-3-10-16(4-2,11-14(18)19)17-15(20)21-12-13-8-6-5-7-9-13/h5-9H,3-4,10-12H2,1-2H3,(H,17,20)(H,18,19). The Morgan fingerprint density at radius 3 is 2.43 bits per heavy atom. The average Bonchev–Trinajstić information content (AvgIpc) is 2.45. The van der Waals surface area contributed by atoms with Crippen molar-refractivity contribution in [1.82, 2.24) is 5.32 Å². The number of carboxylic acids is 1. The van der Waals surface area contributed by atoms with Crippen molar-refractivity contribution in [2.45, 2.75) is 51.7 Å². The number of alkyl carbamates (subject to hydrolysis) is 1. The van der Waals surface area contributed by atoms with E-state index in [2.05, 4.69) is 5.32 Å². The third kappa shape index (κ3) is 5.85. The van der Waals surface area contributed by atoms with Crippen LogP contribution in [0.1, 0.15) is 45.1 Å². The number of amides is 1. The maximum Gasteiger partial charge on any atom is 0.407 e. The Bertz CT molecular complexity index is 461. The zero-order chi connectivity index (χ0) is 15.7. The lowest BCUT2D eigenvalue weighted by atomic mass is 9.87. The molecule has 1 aromatic carbocycles. The van der Waals surface area contributed by atoms with Gasteiger partial charge in [0.25, 0.3) is 0 Å². The summed E-state index contributed by atoms with van der Waals surface area (Å²) in [6, 6.07) is 9.36. The van der Waals surface area contributed by atoms with E-state index in [1.807, 2.05) is 44.2 Å². The number of carboxylic acid groups (broad SMARTS) is 1. The first kappa shape index (κ1) is 17.0. The summed E-state index contributed by atoms with van der Waals surface area (Å²) in [7, 11) is 0. The van der Waals surface area contributed by atoms with Crippen molar-refractivity contribution in [3.05, 3.63) is 35.9 Å². The minimum atomic E-state index is -0.923. The fourth-order valence-electron chi connectivity index (χ4n) is 2.33. The van der Waals surface area contributed by atoms with Crippen LogP contribution in [0.15, 0.2) is 30.3 Å². The second-order valence-electron chi connectivity index (χ2n) is 5.14. The monoisotopic (exact) mass is 293 g/mol. The van der Waals surface area contributed by atoms with Crippen molar-refractivity contribution in [3.8, 4) is 0 Å². The van der Waals surface area contributed by atoms with Gasteiger partial charge in [0.1, 0.15) is 6.61 Å². The molecule has 0 radical (unpaired) electrons. The summed E-state index contributed by atoms with van der Waals surface area (Å²) in [6.07, 6.45) is 1.28. The average molecular weight is 293 g/mol. The van der Waals surface area contributed by atoms with Crippen LogP contribution in [0.25, 0.3) is 0 Å². The van der Waals surface area contributed by atoms with Crippen LogP contribution in [0.5, 0.6) is 0 Å². The van der Waals surface area contributed by atoms with Crippen LogP contribution in [0.2, 0.25) is 0 Å². The largest absolute Gasteiger partial charge is 0.481 e.